The molecular weight excluding hydrogens is 260 g/mol. The zero-order valence-corrected chi connectivity index (χ0v) is 12.4. The lowest BCUT2D eigenvalue weighted by Gasteiger charge is -2.26. The van der Waals surface area contributed by atoms with Gasteiger partial charge in [0.05, 0.1) is 0 Å². The summed E-state index contributed by atoms with van der Waals surface area (Å²) < 4.78 is 0. The Morgan fingerprint density at radius 3 is 2.74 bits per heavy atom. The van der Waals surface area contributed by atoms with Crippen molar-refractivity contribution >= 4 is 24.0 Å². The standard InChI is InChI=1S/C15H22N2O.ClH/c1-10-6-7-11(2)14(8-10)17-15(18)12-4-3-5-13(16)9-12;/h6-8,12-13H,3-5,9,16H2,1-2H3,(H,17,18);1H. The number of carbonyl (C=O) groups excluding carboxylic acids is 1. The van der Waals surface area contributed by atoms with E-state index in [0.29, 0.717) is 0 Å². The second-order valence-corrected chi connectivity index (χ2v) is 5.43. The first-order chi connectivity index (χ1) is 8.56. The van der Waals surface area contributed by atoms with Gasteiger partial charge < -0.3 is 11.1 Å². The van der Waals surface area contributed by atoms with Gasteiger partial charge in [0.2, 0.25) is 5.91 Å². The molecule has 1 fully saturated rings. The van der Waals surface area contributed by atoms with Gasteiger partial charge in [0, 0.05) is 17.6 Å². The van der Waals surface area contributed by atoms with Gasteiger partial charge in [-0.25, -0.2) is 0 Å². The van der Waals surface area contributed by atoms with Gasteiger partial charge in [0.15, 0.2) is 0 Å². The molecule has 1 aliphatic carbocycles. The predicted molar refractivity (Wildman–Crippen MR) is 81.7 cm³/mol. The molecule has 1 aromatic carbocycles. The molecule has 1 saturated carbocycles. The Kier molecular flexibility index (Phi) is 5.83. The minimum Gasteiger partial charge on any atom is -0.328 e. The summed E-state index contributed by atoms with van der Waals surface area (Å²) in [6, 6.07) is 6.31. The van der Waals surface area contributed by atoms with Crippen molar-refractivity contribution < 1.29 is 4.79 Å². The van der Waals surface area contributed by atoms with Gasteiger partial charge in [-0.1, -0.05) is 18.6 Å². The summed E-state index contributed by atoms with van der Waals surface area (Å²) >= 11 is 0. The molecular formula is C15H23ClN2O. The Labute approximate surface area is 121 Å². The van der Waals surface area contributed by atoms with E-state index in [1.54, 1.807) is 0 Å². The molecule has 0 spiro atoms. The van der Waals surface area contributed by atoms with Crippen molar-refractivity contribution in [2.24, 2.45) is 11.7 Å². The monoisotopic (exact) mass is 282 g/mol. The van der Waals surface area contributed by atoms with E-state index in [0.717, 1.165) is 42.5 Å². The molecule has 3 N–H and O–H groups in total. The second-order valence-electron chi connectivity index (χ2n) is 5.43. The number of hydrogen-bond acceptors (Lipinski definition) is 2. The number of rotatable bonds is 2. The third-order valence-electron chi connectivity index (χ3n) is 3.74. The van der Waals surface area contributed by atoms with Gasteiger partial charge in [-0.3, -0.25) is 4.79 Å². The van der Waals surface area contributed by atoms with E-state index < -0.39 is 0 Å². The Balaban J connectivity index is 0.00000180. The van der Waals surface area contributed by atoms with Crippen LogP contribution in [0.4, 0.5) is 5.69 Å². The lowest BCUT2D eigenvalue weighted by Crippen LogP contribution is -2.34. The van der Waals surface area contributed by atoms with Gasteiger partial charge in [-0.2, -0.15) is 0 Å². The molecule has 1 aliphatic rings. The first kappa shape index (κ1) is 16.0. The molecule has 2 rings (SSSR count). The molecule has 106 valence electrons. The van der Waals surface area contributed by atoms with Crippen molar-refractivity contribution in [2.45, 2.75) is 45.6 Å². The maximum absolute atomic E-state index is 12.2. The molecule has 1 amide bonds. The van der Waals surface area contributed by atoms with Gasteiger partial charge in [0.25, 0.3) is 0 Å². The normalized spacial score (nSPS) is 22.5. The number of amides is 1. The summed E-state index contributed by atoms with van der Waals surface area (Å²) in [4.78, 5) is 12.2. The van der Waals surface area contributed by atoms with Crippen molar-refractivity contribution in [3.8, 4) is 0 Å². The zero-order chi connectivity index (χ0) is 13.1. The molecule has 0 heterocycles. The van der Waals surface area contributed by atoms with Crippen molar-refractivity contribution in [3.63, 3.8) is 0 Å². The van der Waals surface area contributed by atoms with Crippen molar-refractivity contribution in [1.82, 2.24) is 0 Å². The smallest absolute Gasteiger partial charge is 0.227 e. The van der Waals surface area contributed by atoms with E-state index in [4.69, 9.17) is 5.73 Å². The van der Waals surface area contributed by atoms with Gasteiger partial charge in [0.1, 0.15) is 0 Å². The molecule has 4 heteroatoms. The highest BCUT2D eigenvalue weighted by molar-refractivity contribution is 5.93. The minimum atomic E-state index is 0. The maximum atomic E-state index is 12.2. The summed E-state index contributed by atoms with van der Waals surface area (Å²) in [7, 11) is 0. The van der Waals surface area contributed by atoms with Gasteiger partial charge in [-0.05, 0) is 50.3 Å². The summed E-state index contributed by atoms with van der Waals surface area (Å²) in [5.74, 6) is 0.201. The van der Waals surface area contributed by atoms with Crippen LogP contribution >= 0.6 is 12.4 Å². The van der Waals surface area contributed by atoms with E-state index in [2.05, 4.69) is 11.4 Å². The number of anilines is 1. The van der Waals surface area contributed by atoms with Crippen LogP contribution in [-0.2, 0) is 4.79 Å². The number of nitrogens with one attached hydrogen (secondary N) is 1. The molecule has 0 aliphatic heterocycles. The average Bonchev–Trinajstić information content (AvgIpc) is 2.34. The number of halogens is 1. The number of carbonyl (C=O) groups is 1. The van der Waals surface area contributed by atoms with Gasteiger partial charge in [-0.15, -0.1) is 12.4 Å². The highest BCUT2D eigenvalue weighted by atomic mass is 35.5. The fraction of sp³-hybridized carbons (Fsp3) is 0.533. The molecule has 0 bridgehead atoms. The van der Waals surface area contributed by atoms with Crippen molar-refractivity contribution in [1.29, 1.82) is 0 Å². The van der Waals surface area contributed by atoms with Crippen LogP contribution in [0.3, 0.4) is 0 Å². The van der Waals surface area contributed by atoms with Crippen LogP contribution < -0.4 is 11.1 Å². The molecule has 1 aromatic rings. The quantitative estimate of drug-likeness (QED) is 0.875. The minimum absolute atomic E-state index is 0. The number of hydrogen-bond donors (Lipinski definition) is 2. The Morgan fingerprint density at radius 1 is 1.32 bits per heavy atom. The Hall–Kier alpha value is -1.06. The van der Waals surface area contributed by atoms with Crippen LogP contribution in [0.1, 0.15) is 36.8 Å². The Morgan fingerprint density at radius 2 is 2.05 bits per heavy atom. The highest BCUT2D eigenvalue weighted by Gasteiger charge is 2.25. The van der Waals surface area contributed by atoms with Crippen LogP contribution in [0, 0.1) is 19.8 Å². The SMILES string of the molecule is Cc1ccc(C)c(NC(=O)C2CCCC(N)C2)c1.Cl. The lowest BCUT2D eigenvalue weighted by atomic mass is 9.85. The largest absolute Gasteiger partial charge is 0.328 e. The predicted octanol–water partition coefficient (Wildman–Crippen LogP) is 3.18. The fourth-order valence-corrected chi connectivity index (χ4v) is 2.57. The van der Waals surface area contributed by atoms with Crippen LogP contribution in [-0.4, -0.2) is 11.9 Å². The maximum Gasteiger partial charge on any atom is 0.227 e. The van der Waals surface area contributed by atoms with Gasteiger partial charge >= 0.3 is 0 Å². The first-order valence-electron chi connectivity index (χ1n) is 6.70. The lowest BCUT2D eigenvalue weighted by molar-refractivity contribution is -0.120. The third kappa shape index (κ3) is 4.22. The van der Waals surface area contributed by atoms with Crippen molar-refractivity contribution in [2.75, 3.05) is 5.32 Å². The summed E-state index contributed by atoms with van der Waals surface area (Å²) in [5, 5.41) is 3.05. The van der Waals surface area contributed by atoms with Crippen LogP contribution in [0.25, 0.3) is 0 Å². The topological polar surface area (TPSA) is 55.1 Å². The van der Waals surface area contributed by atoms with E-state index in [1.165, 1.54) is 0 Å². The number of benzene rings is 1. The van der Waals surface area contributed by atoms with Crippen molar-refractivity contribution in [3.05, 3.63) is 29.3 Å². The molecule has 2 unspecified atom stereocenters. The molecule has 0 aromatic heterocycles. The molecule has 19 heavy (non-hydrogen) atoms. The zero-order valence-electron chi connectivity index (χ0n) is 11.6. The molecule has 3 nitrogen and oxygen atoms in total. The molecule has 0 radical (unpaired) electrons. The van der Waals surface area contributed by atoms with Crippen LogP contribution in [0.15, 0.2) is 18.2 Å². The average molecular weight is 283 g/mol. The number of nitrogens with two attached hydrogens (primary N) is 1. The molecule has 0 saturated heterocycles. The number of aryl methyl sites for hydroxylation is 2. The third-order valence-corrected chi connectivity index (χ3v) is 3.74. The molecule has 2 atom stereocenters. The van der Waals surface area contributed by atoms with E-state index in [9.17, 15) is 4.79 Å². The van der Waals surface area contributed by atoms with Crippen LogP contribution in [0.5, 0.6) is 0 Å². The van der Waals surface area contributed by atoms with E-state index >= 15 is 0 Å². The van der Waals surface area contributed by atoms with E-state index in [1.807, 2.05) is 26.0 Å². The summed E-state index contributed by atoms with van der Waals surface area (Å²) in [6.45, 7) is 4.05. The summed E-state index contributed by atoms with van der Waals surface area (Å²) in [5.41, 5.74) is 9.13. The highest BCUT2D eigenvalue weighted by Crippen LogP contribution is 2.25. The summed E-state index contributed by atoms with van der Waals surface area (Å²) in [6.07, 6.45) is 3.89. The Bertz CT molecular complexity index is 448. The second kappa shape index (κ2) is 6.92. The van der Waals surface area contributed by atoms with Crippen LogP contribution in [0.2, 0.25) is 0 Å². The first-order valence-corrected chi connectivity index (χ1v) is 6.70. The fourth-order valence-electron chi connectivity index (χ4n) is 2.57. The van der Waals surface area contributed by atoms with E-state index in [-0.39, 0.29) is 30.3 Å².